The van der Waals surface area contributed by atoms with Crippen LogP contribution in [0.1, 0.15) is 15.2 Å². The van der Waals surface area contributed by atoms with E-state index in [0.717, 1.165) is 16.9 Å². The molecule has 1 aromatic heterocycles. The Morgan fingerprint density at radius 3 is 2.69 bits per heavy atom. The molecule has 0 atom stereocenters. The Balaban J connectivity index is 1.81. The molecule has 0 fully saturated rings. The van der Waals surface area contributed by atoms with Crippen molar-refractivity contribution in [1.82, 2.24) is 4.98 Å². The minimum atomic E-state index is -0.522. The number of aromatic nitrogens is 1. The monoisotopic (exact) mass is 410 g/mol. The lowest BCUT2D eigenvalue weighted by atomic mass is 10.2. The summed E-state index contributed by atoms with van der Waals surface area (Å²) in [6.07, 6.45) is 0. The molecule has 5 nitrogen and oxygen atoms in total. The molecule has 0 saturated heterocycles. The van der Waals surface area contributed by atoms with Gasteiger partial charge in [0.2, 0.25) is 0 Å². The highest BCUT2D eigenvalue weighted by Gasteiger charge is 2.18. The van der Waals surface area contributed by atoms with Crippen LogP contribution < -0.4 is 16.4 Å². The number of anilines is 4. The topological polar surface area (TPSA) is 80.0 Å². The molecule has 0 unspecified atom stereocenters. The second-order valence-corrected chi connectivity index (χ2v) is 7.19. The number of nitrogens with one attached hydrogen (secondary N) is 2. The summed E-state index contributed by atoms with van der Waals surface area (Å²) in [5, 5.41) is 6.49. The number of carbonyl (C=O) groups is 1. The number of para-hydroxylation sites is 1. The fraction of sp³-hybridized carbons (Fsp3) is 0.0588. The van der Waals surface area contributed by atoms with Gasteiger partial charge in [0.1, 0.15) is 16.5 Å². The van der Waals surface area contributed by atoms with Crippen LogP contribution in [0.5, 0.6) is 0 Å². The van der Waals surface area contributed by atoms with E-state index < -0.39 is 11.7 Å². The van der Waals surface area contributed by atoms with Gasteiger partial charge in [-0.15, -0.1) is 0 Å². The van der Waals surface area contributed by atoms with Crippen LogP contribution in [0.2, 0.25) is 10.0 Å². The van der Waals surface area contributed by atoms with Gasteiger partial charge in [-0.05, 0) is 36.8 Å². The minimum absolute atomic E-state index is 0.0216. The summed E-state index contributed by atoms with van der Waals surface area (Å²) in [5.41, 5.74) is 7.73. The molecule has 3 rings (SSSR count). The quantitative estimate of drug-likeness (QED) is 0.532. The van der Waals surface area contributed by atoms with Crippen LogP contribution in [-0.4, -0.2) is 10.9 Å². The van der Waals surface area contributed by atoms with Gasteiger partial charge < -0.3 is 16.4 Å². The van der Waals surface area contributed by atoms with Crippen molar-refractivity contribution >= 4 is 62.8 Å². The number of aryl methyl sites for hydroxylation is 1. The van der Waals surface area contributed by atoms with E-state index in [0.29, 0.717) is 21.5 Å². The Kier molecular flexibility index (Phi) is 5.31. The Labute approximate surface area is 163 Å². The molecule has 0 aliphatic carbocycles. The first-order valence-electron chi connectivity index (χ1n) is 7.40. The molecule has 2 aromatic carbocycles. The van der Waals surface area contributed by atoms with Gasteiger partial charge in [0.15, 0.2) is 5.13 Å². The number of thiazole rings is 1. The fourth-order valence-corrected chi connectivity index (χ4v) is 3.46. The molecule has 1 amide bonds. The number of hydrogen-bond donors (Lipinski definition) is 3. The third kappa shape index (κ3) is 3.90. The van der Waals surface area contributed by atoms with Crippen molar-refractivity contribution in [2.45, 2.75) is 6.92 Å². The predicted octanol–water partition coefficient (Wildman–Crippen LogP) is 5.48. The molecular weight excluding hydrogens is 398 g/mol. The number of carbonyl (C=O) groups excluding carboxylic acids is 1. The number of nitrogen functional groups attached to an aromatic ring is 1. The third-order valence-electron chi connectivity index (χ3n) is 3.49. The highest BCUT2D eigenvalue weighted by atomic mass is 35.5. The molecule has 0 saturated carbocycles. The minimum Gasteiger partial charge on any atom is -0.382 e. The largest absolute Gasteiger partial charge is 0.382 e. The van der Waals surface area contributed by atoms with E-state index in [9.17, 15) is 9.18 Å². The fourth-order valence-electron chi connectivity index (χ4n) is 2.21. The molecule has 3 aromatic rings. The van der Waals surface area contributed by atoms with Crippen LogP contribution in [0, 0.1) is 12.7 Å². The highest BCUT2D eigenvalue weighted by Crippen LogP contribution is 2.31. The van der Waals surface area contributed by atoms with Crippen molar-refractivity contribution in [2.75, 3.05) is 16.4 Å². The van der Waals surface area contributed by atoms with Gasteiger partial charge in [-0.25, -0.2) is 9.37 Å². The first-order valence-corrected chi connectivity index (χ1v) is 8.97. The third-order valence-corrected chi connectivity index (χ3v) is 5.08. The molecule has 4 N–H and O–H groups in total. The first-order chi connectivity index (χ1) is 12.3. The van der Waals surface area contributed by atoms with E-state index in [1.54, 1.807) is 12.1 Å². The van der Waals surface area contributed by atoms with Crippen LogP contribution in [0.25, 0.3) is 0 Å². The first kappa shape index (κ1) is 18.4. The maximum Gasteiger partial charge on any atom is 0.269 e. The van der Waals surface area contributed by atoms with Crippen molar-refractivity contribution in [3.63, 3.8) is 0 Å². The summed E-state index contributed by atoms with van der Waals surface area (Å²) < 4.78 is 13.2. The zero-order chi connectivity index (χ0) is 18.8. The molecule has 0 aliphatic rings. The molecule has 0 aliphatic heterocycles. The maximum atomic E-state index is 13.2. The van der Waals surface area contributed by atoms with Crippen molar-refractivity contribution in [1.29, 1.82) is 0 Å². The smallest absolute Gasteiger partial charge is 0.269 e. The zero-order valence-electron chi connectivity index (χ0n) is 13.4. The Morgan fingerprint density at radius 2 is 2.00 bits per heavy atom. The van der Waals surface area contributed by atoms with Gasteiger partial charge in [0, 0.05) is 5.69 Å². The highest BCUT2D eigenvalue weighted by molar-refractivity contribution is 7.18. The van der Waals surface area contributed by atoms with Gasteiger partial charge in [-0.3, -0.25) is 4.79 Å². The van der Waals surface area contributed by atoms with Crippen molar-refractivity contribution in [3.8, 4) is 0 Å². The summed E-state index contributed by atoms with van der Waals surface area (Å²) >= 11 is 12.9. The zero-order valence-corrected chi connectivity index (χ0v) is 15.8. The van der Waals surface area contributed by atoms with Crippen molar-refractivity contribution in [3.05, 3.63) is 62.7 Å². The van der Waals surface area contributed by atoms with Crippen LogP contribution in [0.15, 0.2) is 36.4 Å². The second-order valence-electron chi connectivity index (χ2n) is 5.37. The average Bonchev–Trinajstić information content (AvgIpc) is 2.95. The Bertz CT molecular complexity index is 973. The van der Waals surface area contributed by atoms with Crippen molar-refractivity contribution in [2.24, 2.45) is 0 Å². The summed E-state index contributed by atoms with van der Waals surface area (Å²) in [4.78, 5) is 16.9. The molecule has 0 bridgehead atoms. The lowest BCUT2D eigenvalue weighted by molar-refractivity contribution is 0.103. The number of nitrogens with zero attached hydrogens (tertiary/aromatic N) is 1. The summed E-state index contributed by atoms with van der Waals surface area (Å²) in [6.45, 7) is 1.84. The van der Waals surface area contributed by atoms with Crippen molar-refractivity contribution < 1.29 is 9.18 Å². The number of benzene rings is 2. The van der Waals surface area contributed by atoms with E-state index >= 15 is 0 Å². The van der Waals surface area contributed by atoms with E-state index in [4.69, 9.17) is 28.9 Å². The standard InChI is InChI=1S/C17H13Cl2FN4OS/c1-8-3-2-4-10(18)13(8)23-16(25)14-15(21)24-17(26-14)22-9-5-6-12(20)11(19)7-9/h2-7H,21H2,1H3,(H,22,24)(H,23,25). The predicted molar refractivity (Wildman–Crippen MR) is 105 cm³/mol. The van der Waals surface area contributed by atoms with Gasteiger partial charge in [-0.2, -0.15) is 0 Å². The van der Waals surface area contributed by atoms with Gasteiger partial charge >= 0.3 is 0 Å². The van der Waals surface area contributed by atoms with Crippen LogP contribution >= 0.6 is 34.5 Å². The van der Waals surface area contributed by atoms with Gasteiger partial charge in [0.05, 0.1) is 15.7 Å². The molecule has 134 valence electrons. The van der Waals surface area contributed by atoms with E-state index in [1.165, 1.54) is 18.2 Å². The number of amides is 1. The van der Waals surface area contributed by atoms with Crippen LogP contribution in [0.3, 0.4) is 0 Å². The molecule has 9 heteroatoms. The normalized spacial score (nSPS) is 10.6. The Morgan fingerprint density at radius 1 is 1.23 bits per heavy atom. The summed E-state index contributed by atoms with van der Waals surface area (Å²) in [5.74, 6) is -0.861. The van der Waals surface area contributed by atoms with E-state index in [-0.39, 0.29) is 15.7 Å². The SMILES string of the molecule is Cc1cccc(Cl)c1NC(=O)c1sc(Nc2ccc(F)c(Cl)c2)nc1N. The summed E-state index contributed by atoms with van der Waals surface area (Å²) in [6, 6.07) is 9.47. The molecule has 0 radical (unpaired) electrons. The van der Waals surface area contributed by atoms with Gasteiger partial charge in [-0.1, -0.05) is 46.7 Å². The number of halogens is 3. The Hall–Kier alpha value is -2.35. The van der Waals surface area contributed by atoms with E-state index in [2.05, 4.69) is 15.6 Å². The second kappa shape index (κ2) is 7.49. The lowest BCUT2D eigenvalue weighted by Crippen LogP contribution is -2.13. The lowest BCUT2D eigenvalue weighted by Gasteiger charge is -2.09. The molecule has 1 heterocycles. The maximum absolute atomic E-state index is 13.2. The van der Waals surface area contributed by atoms with Crippen LogP contribution in [-0.2, 0) is 0 Å². The molecule has 26 heavy (non-hydrogen) atoms. The number of nitrogens with two attached hydrogens (primary N) is 1. The molecule has 0 spiro atoms. The number of rotatable bonds is 4. The molecular formula is C17H13Cl2FN4OS. The van der Waals surface area contributed by atoms with E-state index in [1.807, 2.05) is 13.0 Å². The van der Waals surface area contributed by atoms with Gasteiger partial charge in [0.25, 0.3) is 5.91 Å². The summed E-state index contributed by atoms with van der Waals surface area (Å²) in [7, 11) is 0. The van der Waals surface area contributed by atoms with Crippen LogP contribution in [0.4, 0.5) is 26.7 Å². The average molecular weight is 411 g/mol. The number of hydrogen-bond acceptors (Lipinski definition) is 5.